The van der Waals surface area contributed by atoms with Crippen LogP contribution in [0, 0.1) is 6.92 Å². The van der Waals surface area contributed by atoms with Gasteiger partial charge in [0.1, 0.15) is 0 Å². The van der Waals surface area contributed by atoms with Gasteiger partial charge in [-0.2, -0.15) is 0 Å². The number of anilines is 2. The maximum atomic E-state index is 13.1. The second kappa shape index (κ2) is 9.70. The maximum absolute atomic E-state index is 13.1. The Kier molecular flexibility index (Phi) is 7.05. The predicted molar refractivity (Wildman–Crippen MR) is 137 cm³/mol. The van der Waals surface area contributed by atoms with Crippen LogP contribution in [0.25, 0.3) is 0 Å². The van der Waals surface area contributed by atoms with Gasteiger partial charge in [0, 0.05) is 61.4 Å². The summed E-state index contributed by atoms with van der Waals surface area (Å²) in [4.78, 5) is 30.6. The molecule has 2 aliphatic rings. The Bertz CT molecular complexity index is 1210. The van der Waals surface area contributed by atoms with Crippen molar-refractivity contribution in [2.45, 2.75) is 44.6 Å². The third-order valence-corrected chi connectivity index (χ3v) is 9.34. The fraction of sp³-hybridized carbons (Fsp3) is 0.440. The first kappa shape index (κ1) is 24.7. The Morgan fingerprint density at radius 3 is 2.44 bits per heavy atom. The first-order chi connectivity index (χ1) is 16.1. The molecule has 182 valence electrons. The zero-order chi connectivity index (χ0) is 24.6. The van der Waals surface area contributed by atoms with Crippen molar-refractivity contribution in [2.24, 2.45) is 0 Å². The quantitative estimate of drug-likeness (QED) is 0.571. The largest absolute Gasteiger partial charge is 0.365 e. The monoisotopic (exact) mass is 547 g/mol. The number of carbonyl (C=O) groups is 2. The van der Waals surface area contributed by atoms with Crippen LogP contribution < -0.4 is 9.80 Å². The molecule has 0 aromatic heterocycles. The lowest BCUT2D eigenvalue weighted by atomic mass is 10.1. The van der Waals surface area contributed by atoms with E-state index in [-0.39, 0.29) is 34.9 Å². The van der Waals surface area contributed by atoms with Crippen LogP contribution in [0.4, 0.5) is 11.4 Å². The topological polar surface area (TPSA) is 78.0 Å². The molecule has 1 fully saturated rings. The Labute approximate surface area is 209 Å². The van der Waals surface area contributed by atoms with Gasteiger partial charge in [-0.3, -0.25) is 9.59 Å². The zero-order valence-corrected chi connectivity index (χ0v) is 22.2. The minimum atomic E-state index is -3.71. The van der Waals surface area contributed by atoms with Gasteiger partial charge in [-0.15, -0.1) is 0 Å². The van der Waals surface area contributed by atoms with Crippen LogP contribution in [0.3, 0.4) is 0 Å². The van der Waals surface area contributed by atoms with Gasteiger partial charge < -0.3 is 14.7 Å². The third kappa shape index (κ3) is 5.00. The molecule has 2 aliphatic heterocycles. The van der Waals surface area contributed by atoms with Gasteiger partial charge >= 0.3 is 0 Å². The number of nitrogens with zero attached hydrogens (tertiary/aromatic N) is 3. The molecule has 0 spiro atoms. The summed E-state index contributed by atoms with van der Waals surface area (Å²) in [7, 11) is -3.71. The van der Waals surface area contributed by atoms with Crippen molar-refractivity contribution in [3.05, 3.63) is 52.0 Å². The minimum absolute atomic E-state index is 0.0699. The summed E-state index contributed by atoms with van der Waals surface area (Å²) in [6, 6.07) is 11.8. The average molecular weight is 549 g/mol. The molecular formula is C25H30BrN3O4S. The highest BCUT2D eigenvalue weighted by Crippen LogP contribution is 2.36. The second-order valence-electron chi connectivity index (χ2n) is 9.12. The number of fused-ring (bicyclic) bond motifs is 1. The van der Waals surface area contributed by atoms with E-state index in [0.29, 0.717) is 42.8 Å². The maximum Gasteiger partial charge on any atom is 0.223 e. The Morgan fingerprint density at radius 2 is 1.79 bits per heavy atom. The number of hydrogen-bond donors (Lipinski definition) is 0. The van der Waals surface area contributed by atoms with E-state index in [1.807, 2.05) is 0 Å². The normalized spacial score (nSPS) is 18.2. The summed E-state index contributed by atoms with van der Waals surface area (Å²) in [5.74, 6) is -0.532. The van der Waals surface area contributed by atoms with Crippen LogP contribution in [-0.4, -0.2) is 63.1 Å². The fourth-order valence-electron chi connectivity index (χ4n) is 4.75. The summed E-state index contributed by atoms with van der Waals surface area (Å²) in [5, 5.41) is 0. The van der Waals surface area contributed by atoms with Gasteiger partial charge in [0.05, 0.1) is 10.6 Å². The number of halogens is 1. The first-order valence-corrected chi connectivity index (χ1v) is 14.0. The van der Waals surface area contributed by atoms with E-state index in [9.17, 15) is 18.0 Å². The van der Waals surface area contributed by atoms with Crippen molar-refractivity contribution in [3.63, 3.8) is 0 Å². The van der Waals surface area contributed by atoms with Crippen molar-refractivity contribution in [1.82, 2.24) is 4.90 Å². The molecule has 0 N–H and O–H groups in total. The standard InChI is InChI=1S/C25H30BrN3O4S/c1-17-4-6-21(7-5-17)28-12-11-27(16-18(28)2)25(31)9-13-34(32,33)24-15-23-20(14-22(24)26)8-10-29(23)19(3)30/h4-7,14-15,18H,8-13,16H2,1-3H3/t18-/m1/s1. The van der Waals surface area contributed by atoms with Crippen molar-refractivity contribution in [2.75, 3.05) is 41.7 Å². The molecule has 1 atom stereocenters. The van der Waals surface area contributed by atoms with E-state index >= 15 is 0 Å². The molecule has 4 rings (SSSR count). The highest BCUT2D eigenvalue weighted by Gasteiger charge is 2.30. The molecule has 1 saturated heterocycles. The summed E-state index contributed by atoms with van der Waals surface area (Å²) in [6.45, 7) is 7.99. The first-order valence-electron chi connectivity index (χ1n) is 11.5. The van der Waals surface area contributed by atoms with Crippen molar-refractivity contribution >= 4 is 49.0 Å². The molecule has 0 bridgehead atoms. The van der Waals surface area contributed by atoms with Crippen LogP contribution in [0.1, 0.15) is 31.4 Å². The number of amides is 2. The van der Waals surface area contributed by atoms with Crippen LogP contribution in [0.5, 0.6) is 0 Å². The molecule has 0 radical (unpaired) electrons. The van der Waals surface area contributed by atoms with Gasteiger partial charge in [-0.25, -0.2) is 8.42 Å². The van der Waals surface area contributed by atoms with E-state index in [1.54, 1.807) is 21.9 Å². The van der Waals surface area contributed by atoms with E-state index in [2.05, 4.69) is 58.9 Å². The number of benzene rings is 2. The highest BCUT2D eigenvalue weighted by molar-refractivity contribution is 9.10. The summed E-state index contributed by atoms with van der Waals surface area (Å²) in [5.41, 5.74) is 3.92. The fourth-order valence-corrected chi connectivity index (χ4v) is 7.19. The average Bonchev–Trinajstić information content (AvgIpc) is 3.20. The molecule has 2 amide bonds. The Morgan fingerprint density at radius 1 is 1.09 bits per heavy atom. The summed E-state index contributed by atoms with van der Waals surface area (Å²) in [6.07, 6.45) is 0.624. The summed E-state index contributed by atoms with van der Waals surface area (Å²) < 4.78 is 26.7. The lowest BCUT2D eigenvalue weighted by molar-refractivity contribution is -0.131. The number of hydrogen-bond acceptors (Lipinski definition) is 5. The smallest absolute Gasteiger partial charge is 0.223 e. The van der Waals surface area contributed by atoms with Crippen molar-refractivity contribution in [3.8, 4) is 0 Å². The van der Waals surface area contributed by atoms with Crippen LogP contribution in [0.2, 0.25) is 0 Å². The van der Waals surface area contributed by atoms with Gasteiger partial charge in [0.15, 0.2) is 9.84 Å². The lowest BCUT2D eigenvalue weighted by Gasteiger charge is -2.41. The summed E-state index contributed by atoms with van der Waals surface area (Å²) >= 11 is 3.38. The molecule has 0 aliphatic carbocycles. The van der Waals surface area contributed by atoms with E-state index in [1.165, 1.54) is 12.5 Å². The van der Waals surface area contributed by atoms with E-state index < -0.39 is 9.84 Å². The molecular weight excluding hydrogens is 518 g/mol. The molecule has 0 unspecified atom stereocenters. The predicted octanol–water partition coefficient (Wildman–Crippen LogP) is 3.57. The molecule has 7 nitrogen and oxygen atoms in total. The molecule has 0 saturated carbocycles. The van der Waals surface area contributed by atoms with Gasteiger partial charge in [-0.05, 0) is 66.0 Å². The van der Waals surface area contributed by atoms with E-state index in [4.69, 9.17) is 0 Å². The third-order valence-electron chi connectivity index (χ3n) is 6.67. The number of sulfone groups is 1. The number of piperazine rings is 1. The SMILES string of the molecule is CC(=O)N1CCc2cc(Br)c(S(=O)(=O)CCC(=O)N3CCN(c4ccc(C)cc4)[C@H](C)C3)cc21. The zero-order valence-electron chi connectivity index (χ0n) is 19.8. The number of carbonyl (C=O) groups excluding carboxylic acids is 2. The van der Waals surface area contributed by atoms with Crippen molar-refractivity contribution < 1.29 is 18.0 Å². The van der Waals surface area contributed by atoms with Gasteiger partial charge in [0.2, 0.25) is 11.8 Å². The van der Waals surface area contributed by atoms with Crippen LogP contribution in [0.15, 0.2) is 45.8 Å². The molecule has 9 heteroatoms. The van der Waals surface area contributed by atoms with E-state index in [0.717, 1.165) is 11.3 Å². The second-order valence-corrected chi connectivity index (χ2v) is 12.1. The lowest BCUT2D eigenvalue weighted by Crippen LogP contribution is -2.54. The van der Waals surface area contributed by atoms with Crippen molar-refractivity contribution in [1.29, 1.82) is 0 Å². The molecule has 2 aromatic rings. The molecule has 2 heterocycles. The van der Waals surface area contributed by atoms with Gasteiger partial charge in [0.25, 0.3) is 0 Å². The number of aryl methyl sites for hydroxylation is 1. The van der Waals surface area contributed by atoms with Crippen LogP contribution >= 0.6 is 15.9 Å². The minimum Gasteiger partial charge on any atom is -0.365 e. The Balaban J connectivity index is 1.41. The van der Waals surface area contributed by atoms with Gasteiger partial charge in [-0.1, -0.05) is 17.7 Å². The molecule has 2 aromatic carbocycles. The highest BCUT2D eigenvalue weighted by atomic mass is 79.9. The Hall–Kier alpha value is -2.39. The molecule has 34 heavy (non-hydrogen) atoms. The number of rotatable bonds is 5. The van der Waals surface area contributed by atoms with Crippen LogP contribution in [-0.2, 0) is 25.8 Å².